The lowest BCUT2D eigenvalue weighted by molar-refractivity contribution is 0.146. The average Bonchev–Trinajstić information content (AvgIpc) is 3.16. The third-order valence-corrected chi connectivity index (χ3v) is 4.83. The van der Waals surface area contributed by atoms with Gasteiger partial charge in [0.15, 0.2) is 0 Å². The van der Waals surface area contributed by atoms with Crippen LogP contribution in [0.1, 0.15) is 30.4 Å². The summed E-state index contributed by atoms with van der Waals surface area (Å²) < 4.78 is 2.10. The SMILES string of the molecule is Cc1ccncc1CCCN[C@@H]1CC(Cn2ccnc2)C[C@H]1O. The molecular formula is C18H26N4O. The number of nitrogens with one attached hydrogen (secondary N) is 1. The van der Waals surface area contributed by atoms with Crippen LogP contribution in [0, 0.1) is 12.8 Å². The van der Waals surface area contributed by atoms with Crippen molar-refractivity contribution < 1.29 is 5.11 Å². The van der Waals surface area contributed by atoms with Crippen molar-refractivity contribution in [2.24, 2.45) is 5.92 Å². The Balaban J connectivity index is 1.39. The van der Waals surface area contributed by atoms with E-state index in [0.717, 1.165) is 38.8 Å². The molecule has 1 unspecified atom stereocenters. The van der Waals surface area contributed by atoms with Crippen LogP contribution in [0.2, 0.25) is 0 Å². The van der Waals surface area contributed by atoms with Gasteiger partial charge in [0, 0.05) is 37.4 Å². The molecule has 2 aromatic heterocycles. The van der Waals surface area contributed by atoms with Crippen LogP contribution < -0.4 is 5.32 Å². The molecule has 0 aromatic carbocycles. The number of imidazole rings is 1. The Hall–Kier alpha value is -1.72. The highest BCUT2D eigenvalue weighted by Crippen LogP contribution is 2.27. The standard InChI is InChI=1S/C18H26N4O/c1-14-4-6-19-11-16(14)3-2-5-21-17-9-15(10-18(17)23)12-22-8-7-20-13-22/h4,6-8,11,13,15,17-18,21,23H,2-3,5,9-10,12H2,1H3/t15?,17-,18-/m1/s1. The fourth-order valence-corrected chi connectivity index (χ4v) is 3.50. The van der Waals surface area contributed by atoms with E-state index in [1.54, 1.807) is 0 Å². The molecule has 1 saturated carbocycles. The lowest BCUT2D eigenvalue weighted by Crippen LogP contribution is -2.36. The number of aryl methyl sites for hydroxylation is 2. The summed E-state index contributed by atoms with van der Waals surface area (Å²) in [6, 6.07) is 2.28. The van der Waals surface area contributed by atoms with Crippen molar-refractivity contribution in [1.29, 1.82) is 0 Å². The molecule has 3 atom stereocenters. The van der Waals surface area contributed by atoms with E-state index in [9.17, 15) is 5.11 Å². The molecule has 0 radical (unpaired) electrons. The fourth-order valence-electron chi connectivity index (χ4n) is 3.50. The first-order chi connectivity index (χ1) is 11.2. The van der Waals surface area contributed by atoms with Gasteiger partial charge < -0.3 is 15.0 Å². The number of aliphatic hydroxyl groups is 1. The van der Waals surface area contributed by atoms with E-state index in [0.29, 0.717) is 5.92 Å². The highest BCUT2D eigenvalue weighted by Gasteiger charge is 2.32. The smallest absolute Gasteiger partial charge is 0.0945 e. The molecule has 2 aromatic rings. The Labute approximate surface area is 137 Å². The molecular weight excluding hydrogens is 288 g/mol. The Morgan fingerprint density at radius 3 is 3.00 bits per heavy atom. The molecule has 0 bridgehead atoms. The Kier molecular flexibility index (Phi) is 5.41. The van der Waals surface area contributed by atoms with E-state index in [1.165, 1.54) is 11.1 Å². The van der Waals surface area contributed by atoms with Crippen LogP contribution >= 0.6 is 0 Å². The fraction of sp³-hybridized carbons (Fsp3) is 0.556. The second kappa shape index (κ2) is 7.70. The van der Waals surface area contributed by atoms with Crippen molar-refractivity contribution in [1.82, 2.24) is 19.9 Å². The minimum Gasteiger partial charge on any atom is -0.391 e. The molecule has 1 aliphatic carbocycles. The van der Waals surface area contributed by atoms with Crippen molar-refractivity contribution in [2.45, 2.75) is 51.3 Å². The highest BCUT2D eigenvalue weighted by atomic mass is 16.3. The zero-order valence-corrected chi connectivity index (χ0v) is 13.7. The van der Waals surface area contributed by atoms with Gasteiger partial charge in [-0.1, -0.05) is 0 Å². The first-order valence-corrected chi connectivity index (χ1v) is 8.49. The lowest BCUT2D eigenvalue weighted by Gasteiger charge is -2.16. The minimum atomic E-state index is -0.233. The summed E-state index contributed by atoms with van der Waals surface area (Å²) in [5.41, 5.74) is 2.63. The van der Waals surface area contributed by atoms with Gasteiger partial charge in [0.25, 0.3) is 0 Å². The van der Waals surface area contributed by atoms with Crippen LogP contribution in [0.4, 0.5) is 0 Å². The molecule has 3 rings (SSSR count). The molecule has 0 aliphatic heterocycles. The number of aliphatic hydroxyl groups excluding tert-OH is 1. The molecule has 5 nitrogen and oxygen atoms in total. The Morgan fingerprint density at radius 2 is 2.22 bits per heavy atom. The van der Waals surface area contributed by atoms with Crippen molar-refractivity contribution in [3.63, 3.8) is 0 Å². The third kappa shape index (κ3) is 4.39. The molecule has 1 fully saturated rings. The Morgan fingerprint density at radius 1 is 1.30 bits per heavy atom. The molecule has 0 spiro atoms. The third-order valence-electron chi connectivity index (χ3n) is 4.83. The molecule has 1 aliphatic rings. The summed E-state index contributed by atoms with van der Waals surface area (Å²) in [6.07, 6.45) is 13.2. The van der Waals surface area contributed by atoms with Gasteiger partial charge in [-0.3, -0.25) is 4.98 Å². The van der Waals surface area contributed by atoms with Crippen LogP contribution in [0.15, 0.2) is 37.2 Å². The van der Waals surface area contributed by atoms with E-state index in [1.807, 2.05) is 31.1 Å². The zero-order valence-electron chi connectivity index (χ0n) is 13.7. The van der Waals surface area contributed by atoms with Crippen molar-refractivity contribution in [3.05, 3.63) is 48.3 Å². The predicted octanol–water partition coefficient (Wildman–Crippen LogP) is 1.95. The molecule has 23 heavy (non-hydrogen) atoms. The number of pyridine rings is 1. The van der Waals surface area contributed by atoms with Gasteiger partial charge in [0.1, 0.15) is 0 Å². The zero-order chi connectivity index (χ0) is 16.1. The monoisotopic (exact) mass is 314 g/mol. The van der Waals surface area contributed by atoms with Crippen LogP contribution in [0.25, 0.3) is 0 Å². The van der Waals surface area contributed by atoms with Crippen molar-refractivity contribution in [2.75, 3.05) is 6.54 Å². The molecule has 5 heteroatoms. The maximum absolute atomic E-state index is 10.3. The van der Waals surface area contributed by atoms with Gasteiger partial charge in [-0.15, -0.1) is 0 Å². The summed E-state index contributed by atoms with van der Waals surface area (Å²) in [7, 11) is 0. The van der Waals surface area contributed by atoms with Gasteiger partial charge in [-0.2, -0.15) is 0 Å². The predicted molar refractivity (Wildman–Crippen MR) is 90.0 cm³/mol. The molecule has 0 saturated heterocycles. The number of aromatic nitrogens is 3. The molecule has 124 valence electrons. The molecule has 2 N–H and O–H groups in total. The van der Waals surface area contributed by atoms with Crippen molar-refractivity contribution in [3.8, 4) is 0 Å². The maximum atomic E-state index is 10.3. The lowest BCUT2D eigenvalue weighted by atomic mass is 10.1. The topological polar surface area (TPSA) is 63.0 Å². The maximum Gasteiger partial charge on any atom is 0.0945 e. The van der Waals surface area contributed by atoms with Crippen molar-refractivity contribution >= 4 is 0 Å². The summed E-state index contributed by atoms with van der Waals surface area (Å²) in [4.78, 5) is 8.27. The number of hydrogen-bond donors (Lipinski definition) is 2. The van der Waals surface area contributed by atoms with Crippen LogP contribution in [0.3, 0.4) is 0 Å². The van der Waals surface area contributed by atoms with Gasteiger partial charge >= 0.3 is 0 Å². The second-order valence-electron chi connectivity index (χ2n) is 6.63. The highest BCUT2D eigenvalue weighted by molar-refractivity contribution is 5.21. The average molecular weight is 314 g/mol. The largest absolute Gasteiger partial charge is 0.391 e. The molecule has 2 heterocycles. The number of nitrogens with zero attached hydrogens (tertiary/aromatic N) is 3. The van der Waals surface area contributed by atoms with E-state index in [4.69, 9.17) is 0 Å². The van der Waals surface area contributed by atoms with E-state index in [-0.39, 0.29) is 12.1 Å². The summed E-state index contributed by atoms with van der Waals surface area (Å²) in [5, 5.41) is 13.8. The van der Waals surface area contributed by atoms with Gasteiger partial charge in [-0.05, 0) is 62.3 Å². The van der Waals surface area contributed by atoms with Gasteiger partial charge in [0.05, 0.1) is 12.4 Å². The summed E-state index contributed by atoms with van der Waals surface area (Å²) in [6.45, 7) is 4.02. The van der Waals surface area contributed by atoms with Gasteiger partial charge in [-0.25, -0.2) is 4.98 Å². The first kappa shape index (κ1) is 16.1. The van der Waals surface area contributed by atoms with Crippen LogP contribution in [-0.2, 0) is 13.0 Å². The van der Waals surface area contributed by atoms with Crippen LogP contribution in [0.5, 0.6) is 0 Å². The Bertz CT molecular complexity index is 599. The van der Waals surface area contributed by atoms with Crippen LogP contribution in [-0.4, -0.2) is 38.3 Å². The first-order valence-electron chi connectivity index (χ1n) is 8.49. The summed E-state index contributed by atoms with van der Waals surface area (Å²) >= 11 is 0. The second-order valence-corrected chi connectivity index (χ2v) is 6.63. The van der Waals surface area contributed by atoms with Gasteiger partial charge in [0.2, 0.25) is 0 Å². The minimum absolute atomic E-state index is 0.221. The van der Waals surface area contributed by atoms with E-state index in [2.05, 4.69) is 32.8 Å². The summed E-state index contributed by atoms with van der Waals surface area (Å²) in [5.74, 6) is 0.525. The normalized spacial score (nSPS) is 24.2. The number of rotatable bonds is 7. The quantitative estimate of drug-likeness (QED) is 0.767. The number of hydrogen-bond acceptors (Lipinski definition) is 4. The van der Waals surface area contributed by atoms with E-state index >= 15 is 0 Å². The van der Waals surface area contributed by atoms with E-state index < -0.39 is 0 Å². The molecule has 0 amide bonds.